The van der Waals surface area contributed by atoms with Gasteiger partial charge in [0.05, 0.1) is 12.5 Å². The number of carbonyl (C=O) groups is 5. The van der Waals surface area contributed by atoms with E-state index in [4.69, 9.17) is 37.2 Å². The van der Waals surface area contributed by atoms with Crippen LogP contribution in [0.1, 0.15) is 74.6 Å². The predicted octanol–water partition coefficient (Wildman–Crippen LogP) is 4.46. The lowest BCUT2D eigenvalue weighted by Crippen LogP contribution is -2.24. The van der Waals surface area contributed by atoms with Crippen molar-refractivity contribution in [2.24, 2.45) is 29.0 Å². The van der Waals surface area contributed by atoms with Gasteiger partial charge < -0.3 is 42.5 Å². The largest absolute Gasteiger partial charge is 0.481 e. The molecule has 1 aromatic carbocycles. The maximum Gasteiger partial charge on any atom is 0.469 e. The molecule has 3 amide bonds. The van der Waals surface area contributed by atoms with Crippen LogP contribution in [0.2, 0.25) is 0 Å². The molecule has 1 fully saturated rings. The van der Waals surface area contributed by atoms with E-state index in [1.54, 1.807) is 36.0 Å². The van der Waals surface area contributed by atoms with Gasteiger partial charge in [-0.2, -0.15) is 23.5 Å². The van der Waals surface area contributed by atoms with Crippen LogP contribution >= 0.6 is 43.1 Å². The highest BCUT2D eigenvalue weighted by Crippen LogP contribution is 2.35. The number of nitrogens with two attached hydrogens (primary N) is 3. The second kappa shape index (κ2) is 36.5. The number of thioether (sulfide) groups is 3. The number of rotatable bonds is 19. The topological polar surface area (TPSA) is 283 Å². The average Bonchev–Trinajstić information content (AvgIpc) is 3.40. The fourth-order valence-corrected chi connectivity index (χ4v) is 6.73. The third-order valence-electron chi connectivity index (χ3n) is 5.42. The number of primary amides is 3. The summed E-state index contributed by atoms with van der Waals surface area (Å²) in [5.41, 5.74) is 15.6. The molecule has 50 heavy (non-hydrogen) atoms. The Morgan fingerprint density at radius 3 is 1.70 bits per heavy atom. The molecule has 1 heterocycles. The molecule has 3 atom stereocenters. The molecule has 3 unspecified atom stereocenters. The summed E-state index contributed by atoms with van der Waals surface area (Å²) in [4.78, 5) is 69.7. The zero-order chi connectivity index (χ0) is 33.5. The maximum atomic E-state index is 11.0. The molecule has 298 valence electrons. The number of carbonyl (C=O) groups excluding carboxylic acids is 3. The van der Waals surface area contributed by atoms with Gasteiger partial charge in [-0.25, -0.2) is 4.57 Å². The van der Waals surface area contributed by atoms with Crippen LogP contribution in [0.25, 0.3) is 0 Å². The molecule has 1 aromatic rings. The molecule has 0 aromatic heterocycles. The molecule has 15 nitrogen and oxygen atoms in total. The highest BCUT2D eigenvalue weighted by atomic mass is 32.2. The molecular weight excluding hydrogens is 732 g/mol. The Kier molecular flexibility index (Phi) is 45.8. The van der Waals surface area contributed by atoms with Gasteiger partial charge >= 0.3 is 19.8 Å². The van der Waals surface area contributed by atoms with Crippen LogP contribution in [0.4, 0.5) is 0 Å². The zero-order valence-corrected chi connectivity index (χ0v) is 27.3. The lowest BCUT2D eigenvalue weighted by atomic mass is 9.98. The molecule has 1 aliphatic heterocycles. The number of nitrogens with one attached hydrogen (secondary N) is 1. The van der Waals surface area contributed by atoms with Crippen molar-refractivity contribution < 1.29 is 53.1 Å². The maximum absolute atomic E-state index is 11.0. The van der Waals surface area contributed by atoms with Crippen LogP contribution in [0.3, 0.4) is 0 Å². The molecule has 0 radical (unpaired) electrons. The summed E-state index contributed by atoms with van der Waals surface area (Å²) in [6.07, 6.45) is 0.824. The Morgan fingerprint density at radius 2 is 1.26 bits per heavy atom. The highest BCUT2D eigenvalue weighted by Gasteiger charge is 2.32. The lowest BCUT2D eigenvalue weighted by Gasteiger charge is -2.13. The van der Waals surface area contributed by atoms with Gasteiger partial charge in [-0.15, -0.1) is 11.8 Å². The smallest absolute Gasteiger partial charge is 0.469 e. The van der Waals surface area contributed by atoms with E-state index in [1.165, 1.54) is 23.5 Å². The molecule has 2 rings (SSSR count). The van der Waals surface area contributed by atoms with E-state index < -0.39 is 30.9 Å². The first-order valence-electron chi connectivity index (χ1n) is 13.2. The number of aliphatic carboxylic acids is 2. The van der Waals surface area contributed by atoms with E-state index in [1.807, 2.05) is 6.07 Å². The van der Waals surface area contributed by atoms with E-state index in [2.05, 4.69) is 9.84 Å². The molecule has 0 aliphatic carbocycles. The van der Waals surface area contributed by atoms with Crippen molar-refractivity contribution in [3.05, 3.63) is 35.9 Å². The van der Waals surface area contributed by atoms with E-state index in [-0.39, 0.29) is 87.7 Å². The SMILES string of the molecule is C.C.C.C.C.C.NC(=O)CCSC(C(=O)O)c1ccccc1.NC(=O)CCSCC1CNCC1C(=O)O.NC(=O)CCSCCOP(=O)(O)O. The molecule has 0 saturated carbocycles. The number of phosphoric acid groups is 1. The minimum Gasteiger partial charge on any atom is -0.481 e. The zero-order valence-electron chi connectivity index (χ0n) is 23.9. The first kappa shape index (κ1) is 62.8. The van der Waals surface area contributed by atoms with Gasteiger partial charge in [-0.3, -0.25) is 28.5 Å². The van der Waals surface area contributed by atoms with Gasteiger partial charge in [0.2, 0.25) is 17.7 Å². The van der Waals surface area contributed by atoms with Gasteiger partial charge in [0.1, 0.15) is 5.25 Å². The second-order valence-corrected chi connectivity index (χ2v) is 13.8. The summed E-state index contributed by atoms with van der Waals surface area (Å²) in [7, 11) is -4.34. The van der Waals surface area contributed by atoms with Crippen molar-refractivity contribution in [2.75, 3.05) is 48.5 Å². The van der Waals surface area contributed by atoms with Crippen molar-refractivity contribution >= 4 is 72.8 Å². The van der Waals surface area contributed by atoms with Crippen molar-refractivity contribution in [3.63, 3.8) is 0 Å². The van der Waals surface area contributed by atoms with Crippen LogP contribution in [0, 0.1) is 11.8 Å². The molecule has 11 N–H and O–H groups in total. The van der Waals surface area contributed by atoms with Crippen LogP contribution in [-0.2, 0) is 33.1 Å². The monoisotopic (exact) mass is 796 g/mol. The average molecular weight is 797 g/mol. The third-order valence-corrected chi connectivity index (χ3v) is 9.29. The first-order chi connectivity index (χ1) is 20.6. The van der Waals surface area contributed by atoms with Crippen LogP contribution in [0.5, 0.6) is 0 Å². The number of amides is 3. The Morgan fingerprint density at radius 1 is 0.780 bits per heavy atom. The fraction of sp³-hybridized carbons (Fsp3) is 0.645. The lowest BCUT2D eigenvalue weighted by molar-refractivity contribution is -0.142. The van der Waals surface area contributed by atoms with Crippen molar-refractivity contribution in [1.82, 2.24) is 5.32 Å². The van der Waals surface area contributed by atoms with Crippen molar-refractivity contribution in [2.45, 2.75) is 69.1 Å². The van der Waals surface area contributed by atoms with Crippen LogP contribution < -0.4 is 22.5 Å². The number of phosphoric ester groups is 1. The molecule has 0 bridgehead atoms. The highest BCUT2D eigenvalue weighted by molar-refractivity contribution is 8.00. The summed E-state index contributed by atoms with van der Waals surface area (Å²) >= 11 is 4.16. The van der Waals surface area contributed by atoms with E-state index >= 15 is 0 Å². The van der Waals surface area contributed by atoms with E-state index in [9.17, 15) is 28.5 Å². The Hall–Kier alpha value is -2.31. The van der Waals surface area contributed by atoms with Crippen LogP contribution in [0.15, 0.2) is 30.3 Å². The quantitative estimate of drug-likeness (QED) is 0.0709. The van der Waals surface area contributed by atoms with E-state index in [0.717, 1.165) is 17.9 Å². The normalized spacial score (nSPS) is 14.4. The van der Waals surface area contributed by atoms with Gasteiger partial charge in [0.15, 0.2) is 0 Å². The molecule has 1 saturated heterocycles. The van der Waals surface area contributed by atoms with Crippen molar-refractivity contribution in [3.8, 4) is 0 Å². The minimum atomic E-state index is -4.34. The van der Waals surface area contributed by atoms with Gasteiger partial charge in [0.25, 0.3) is 0 Å². The molecule has 1 aliphatic rings. The number of hydrogen-bond acceptors (Lipinski definition) is 11. The number of hydrogen-bond donors (Lipinski definition) is 8. The number of benzene rings is 1. The van der Waals surface area contributed by atoms with Crippen molar-refractivity contribution in [1.29, 1.82) is 0 Å². The Labute approximate surface area is 312 Å². The minimum absolute atomic E-state index is 0. The number of carboxylic acid groups (broad SMARTS) is 2. The summed E-state index contributed by atoms with van der Waals surface area (Å²) < 4.78 is 14.3. The first-order valence-corrected chi connectivity index (χ1v) is 18.1. The standard InChI is InChI=1S/C11H13NO3S.C9H16N2O3S.C5H12NO5PS.6CH4/c12-9(13)6-7-16-10(11(14)15)8-4-2-1-3-5-8;10-8(12)1-2-15-5-6-3-11-4-7(6)9(13)14;6-5(7)1-3-13-4-2-11-12(8,9)10;;;;;;/h1-5,10H,6-7H2,(H2,12,13)(H,14,15);6-7,11H,1-5H2,(H2,10,12)(H,13,14);1-4H2,(H2,6,7)(H2,8,9,10);6*1H4. The Bertz CT molecular complexity index is 1090. The van der Waals surface area contributed by atoms with Gasteiger partial charge in [-0.1, -0.05) is 74.9 Å². The summed E-state index contributed by atoms with van der Waals surface area (Å²) in [6, 6.07) is 8.93. The van der Waals surface area contributed by atoms with Gasteiger partial charge in [0, 0.05) is 48.8 Å². The fourth-order valence-electron chi connectivity index (χ4n) is 3.31. The summed E-state index contributed by atoms with van der Waals surface area (Å²) in [5, 5.41) is 20.4. The predicted molar refractivity (Wildman–Crippen MR) is 211 cm³/mol. The summed E-state index contributed by atoms with van der Waals surface area (Å²) in [6.45, 7) is 1.27. The second-order valence-electron chi connectivity index (χ2n) is 9.02. The third kappa shape index (κ3) is 35.5. The number of carboxylic acids is 2. The van der Waals surface area contributed by atoms with E-state index in [0.29, 0.717) is 36.0 Å². The van der Waals surface area contributed by atoms with Gasteiger partial charge in [-0.05, 0) is 23.8 Å². The molecular formula is C31H65N4O11PS3. The molecule has 19 heteroatoms. The molecule has 0 spiro atoms. The van der Waals surface area contributed by atoms with Crippen LogP contribution in [-0.4, -0.2) is 98.1 Å². The summed E-state index contributed by atoms with van der Waals surface area (Å²) in [5.74, 6) is -0.0166. The Balaban J connectivity index is -0.000000105.